The van der Waals surface area contributed by atoms with Gasteiger partial charge in [0.05, 0.1) is 0 Å². The van der Waals surface area contributed by atoms with E-state index in [9.17, 15) is 9.59 Å². The topological polar surface area (TPSA) is 87.5 Å². The van der Waals surface area contributed by atoms with Crippen LogP contribution < -0.4 is 16.4 Å². The number of hydrogen-bond acceptors (Lipinski definition) is 3. The summed E-state index contributed by atoms with van der Waals surface area (Å²) in [6.07, 6.45) is 3.25. The van der Waals surface area contributed by atoms with Gasteiger partial charge < -0.3 is 21.3 Å². The Morgan fingerprint density at radius 3 is 2.54 bits per heavy atom. The molecular formula is C18H28N4O2. The first-order valence-electron chi connectivity index (χ1n) is 8.64. The minimum absolute atomic E-state index is 0.326. The summed E-state index contributed by atoms with van der Waals surface area (Å²) in [5, 5.41) is 5.37. The number of nitrogens with two attached hydrogens (primary N) is 1. The number of likely N-dealkylation sites (tertiary alicyclic amines) is 1. The first kappa shape index (κ1) is 18.3. The molecule has 3 amide bonds. The monoisotopic (exact) mass is 332 g/mol. The van der Waals surface area contributed by atoms with E-state index in [0.717, 1.165) is 38.9 Å². The SMILES string of the molecule is C[C@H](NC(=O)NCC1CCN(CCc2ccccc2)CC1)C(N)=O. The molecule has 1 aliphatic heterocycles. The molecule has 1 atom stereocenters. The highest BCUT2D eigenvalue weighted by Gasteiger charge is 2.20. The van der Waals surface area contributed by atoms with Crippen LogP contribution in [0, 0.1) is 5.92 Å². The van der Waals surface area contributed by atoms with Crippen LogP contribution in [-0.4, -0.2) is 49.1 Å². The summed E-state index contributed by atoms with van der Waals surface area (Å²) in [6, 6.07) is 9.57. The molecule has 1 aromatic rings. The summed E-state index contributed by atoms with van der Waals surface area (Å²) in [5.41, 5.74) is 6.50. The van der Waals surface area contributed by atoms with Crippen molar-refractivity contribution < 1.29 is 9.59 Å². The van der Waals surface area contributed by atoms with Gasteiger partial charge in [0.2, 0.25) is 5.91 Å². The van der Waals surface area contributed by atoms with Crippen molar-refractivity contribution in [3.63, 3.8) is 0 Å². The fourth-order valence-corrected chi connectivity index (χ4v) is 2.90. The largest absolute Gasteiger partial charge is 0.368 e. The molecule has 1 heterocycles. The molecule has 1 aliphatic rings. The van der Waals surface area contributed by atoms with Gasteiger partial charge >= 0.3 is 6.03 Å². The number of nitrogens with zero attached hydrogens (tertiary/aromatic N) is 1. The molecule has 0 bridgehead atoms. The van der Waals surface area contributed by atoms with E-state index >= 15 is 0 Å². The zero-order valence-electron chi connectivity index (χ0n) is 14.3. The molecule has 6 nitrogen and oxygen atoms in total. The lowest BCUT2D eigenvalue weighted by atomic mass is 9.96. The molecular weight excluding hydrogens is 304 g/mol. The number of carbonyl (C=O) groups excluding carboxylic acids is 2. The first-order chi connectivity index (χ1) is 11.5. The number of amides is 3. The Balaban J connectivity index is 1.60. The summed E-state index contributed by atoms with van der Waals surface area (Å²) >= 11 is 0. The molecule has 0 aromatic heterocycles. The number of nitrogens with one attached hydrogen (secondary N) is 2. The van der Waals surface area contributed by atoms with E-state index in [1.165, 1.54) is 5.56 Å². The number of piperidine rings is 1. The fraction of sp³-hybridized carbons (Fsp3) is 0.556. The molecule has 1 saturated heterocycles. The van der Waals surface area contributed by atoms with Crippen LogP contribution in [0.4, 0.5) is 4.79 Å². The van der Waals surface area contributed by atoms with Crippen LogP contribution in [0.1, 0.15) is 25.3 Å². The number of urea groups is 1. The molecule has 1 fully saturated rings. The third-order valence-electron chi connectivity index (χ3n) is 4.59. The molecule has 0 aliphatic carbocycles. The highest BCUT2D eigenvalue weighted by molar-refractivity contribution is 5.85. The van der Waals surface area contributed by atoms with Crippen molar-refractivity contribution in [3.8, 4) is 0 Å². The van der Waals surface area contributed by atoms with E-state index in [4.69, 9.17) is 5.73 Å². The molecule has 2 rings (SSSR count). The molecule has 24 heavy (non-hydrogen) atoms. The van der Waals surface area contributed by atoms with Crippen LogP contribution in [0.25, 0.3) is 0 Å². The lowest BCUT2D eigenvalue weighted by Crippen LogP contribution is -2.48. The third-order valence-corrected chi connectivity index (χ3v) is 4.59. The van der Waals surface area contributed by atoms with Crippen molar-refractivity contribution in [2.45, 2.75) is 32.2 Å². The van der Waals surface area contributed by atoms with Crippen molar-refractivity contribution >= 4 is 11.9 Å². The number of benzene rings is 1. The second-order valence-electron chi connectivity index (χ2n) is 6.50. The van der Waals surface area contributed by atoms with E-state index in [2.05, 4.69) is 39.8 Å². The fourth-order valence-electron chi connectivity index (χ4n) is 2.90. The van der Waals surface area contributed by atoms with Gasteiger partial charge in [-0.25, -0.2) is 4.79 Å². The molecule has 0 spiro atoms. The second-order valence-corrected chi connectivity index (χ2v) is 6.50. The van der Waals surface area contributed by atoms with Crippen LogP contribution in [0.3, 0.4) is 0 Å². The Bertz CT molecular complexity index is 527. The van der Waals surface area contributed by atoms with Gasteiger partial charge in [0.1, 0.15) is 6.04 Å². The number of rotatable bonds is 7. The third kappa shape index (κ3) is 6.20. The molecule has 4 N–H and O–H groups in total. The molecule has 0 saturated carbocycles. The van der Waals surface area contributed by atoms with Crippen molar-refractivity contribution in [3.05, 3.63) is 35.9 Å². The second kappa shape index (κ2) is 9.27. The van der Waals surface area contributed by atoms with Gasteiger partial charge in [-0.3, -0.25) is 4.79 Å². The predicted molar refractivity (Wildman–Crippen MR) is 94.5 cm³/mol. The Labute approximate surface area is 143 Å². The van der Waals surface area contributed by atoms with E-state index in [-0.39, 0.29) is 6.03 Å². The predicted octanol–water partition coefficient (Wildman–Crippen LogP) is 1.11. The van der Waals surface area contributed by atoms with Crippen LogP contribution in [0.15, 0.2) is 30.3 Å². The van der Waals surface area contributed by atoms with Gasteiger partial charge in [-0.2, -0.15) is 0 Å². The minimum atomic E-state index is -0.648. The van der Waals surface area contributed by atoms with Crippen LogP contribution in [0.5, 0.6) is 0 Å². The molecule has 0 radical (unpaired) electrons. The quantitative estimate of drug-likeness (QED) is 0.699. The van der Waals surface area contributed by atoms with Crippen molar-refractivity contribution in [1.29, 1.82) is 0 Å². The standard InChI is InChI=1S/C18H28N4O2/c1-14(17(19)23)21-18(24)20-13-16-8-11-22(12-9-16)10-7-15-5-3-2-4-6-15/h2-6,14,16H,7-13H2,1H3,(H2,19,23)(H2,20,21,24)/t14-/m0/s1. The van der Waals surface area contributed by atoms with Gasteiger partial charge in [-0.05, 0) is 50.8 Å². The van der Waals surface area contributed by atoms with Crippen LogP contribution >= 0.6 is 0 Å². The summed E-state index contributed by atoms with van der Waals surface area (Å²) in [5.74, 6) is -0.0375. The smallest absolute Gasteiger partial charge is 0.315 e. The minimum Gasteiger partial charge on any atom is -0.368 e. The molecule has 0 unspecified atom stereocenters. The highest BCUT2D eigenvalue weighted by atomic mass is 16.2. The molecule has 6 heteroatoms. The maximum atomic E-state index is 11.7. The number of hydrogen-bond donors (Lipinski definition) is 3. The highest BCUT2D eigenvalue weighted by Crippen LogP contribution is 2.16. The Kier molecular flexibility index (Phi) is 7.06. The lowest BCUT2D eigenvalue weighted by molar-refractivity contribution is -0.119. The maximum Gasteiger partial charge on any atom is 0.315 e. The van der Waals surface area contributed by atoms with Gasteiger partial charge in [0.15, 0.2) is 0 Å². The Hall–Kier alpha value is -2.08. The summed E-state index contributed by atoms with van der Waals surface area (Å²) < 4.78 is 0. The van der Waals surface area contributed by atoms with Crippen LogP contribution in [-0.2, 0) is 11.2 Å². The van der Waals surface area contributed by atoms with Crippen LogP contribution in [0.2, 0.25) is 0 Å². The zero-order valence-corrected chi connectivity index (χ0v) is 14.3. The number of carbonyl (C=O) groups is 2. The molecule has 132 valence electrons. The summed E-state index contributed by atoms with van der Waals surface area (Å²) in [4.78, 5) is 25.1. The summed E-state index contributed by atoms with van der Waals surface area (Å²) in [6.45, 7) is 5.44. The first-order valence-corrected chi connectivity index (χ1v) is 8.64. The van der Waals surface area contributed by atoms with E-state index < -0.39 is 11.9 Å². The van der Waals surface area contributed by atoms with Crippen molar-refractivity contribution in [2.75, 3.05) is 26.2 Å². The normalized spacial score (nSPS) is 17.2. The van der Waals surface area contributed by atoms with Gasteiger partial charge in [-0.15, -0.1) is 0 Å². The lowest BCUT2D eigenvalue weighted by Gasteiger charge is -2.32. The van der Waals surface area contributed by atoms with Gasteiger partial charge in [0, 0.05) is 13.1 Å². The van der Waals surface area contributed by atoms with Gasteiger partial charge in [-0.1, -0.05) is 30.3 Å². The zero-order chi connectivity index (χ0) is 17.4. The van der Waals surface area contributed by atoms with E-state index in [1.807, 2.05) is 6.07 Å². The van der Waals surface area contributed by atoms with Crippen molar-refractivity contribution in [2.24, 2.45) is 11.7 Å². The number of primary amides is 1. The average molecular weight is 332 g/mol. The van der Waals surface area contributed by atoms with Gasteiger partial charge in [0.25, 0.3) is 0 Å². The summed E-state index contributed by atoms with van der Waals surface area (Å²) in [7, 11) is 0. The maximum absolute atomic E-state index is 11.7. The Morgan fingerprint density at radius 2 is 1.92 bits per heavy atom. The van der Waals surface area contributed by atoms with Crippen molar-refractivity contribution in [1.82, 2.24) is 15.5 Å². The molecule has 1 aromatic carbocycles. The van der Waals surface area contributed by atoms with E-state index in [0.29, 0.717) is 12.5 Å². The Morgan fingerprint density at radius 1 is 1.25 bits per heavy atom. The average Bonchev–Trinajstić information content (AvgIpc) is 2.60. The van der Waals surface area contributed by atoms with E-state index in [1.54, 1.807) is 6.92 Å².